The van der Waals surface area contributed by atoms with E-state index < -0.39 is 20.0 Å². The van der Waals surface area contributed by atoms with Gasteiger partial charge in [-0.25, -0.2) is 21.8 Å². The number of furan rings is 1. The minimum atomic E-state index is -4.09. The summed E-state index contributed by atoms with van der Waals surface area (Å²) in [5.41, 5.74) is 0.881. The number of anilines is 2. The zero-order chi connectivity index (χ0) is 28.8. The highest BCUT2D eigenvalue weighted by molar-refractivity contribution is 9.11. The Bertz CT molecular complexity index is 1970. The van der Waals surface area contributed by atoms with Crippen LogP contribution in [-0.4, -0.2) is 32.7 Å². The van der Waals surface area contributed by atoms with Crippen molar-refractivity contribution in [2.24, 2.45) is 0 Å². The van der Waals surface area contributed by atoms with Crippen molar-refractivity contribution in [3.05, 3.63) is 92.0 Å². The Morgan fingerprint density at radius 2 is 1.55 bits per heavy atom. The van der Waals surface area contributed by atoms with Crippen molar-refractivity contribution in [2.75, 3.05) is 9.44 Å². The second kappa shape index (κ2) is 10.6. The molecule has 10 nitrogen and oxygen atoms in total. The van der Waals surface area contributed by atoms with Gasteiger partial charge in [-0.3, -0.25) is 14.2 Å². The van der Waals surface area contributed by atoms with Crippen LogP contribution in [0.4, 0.5) is 10.8 Å². The Balaban J connectivity index is 1.40. The summed E-state index contributed by atoms with van der Waals surface area (Å²) in [7, 11) is -7.99. The van der Waals surface area contributed by atoms with Crippen LogP contribution in [0.15, 0.2) is 89.3 Å². The minimum Gasteiger partial charge on any atom is -0.506 e. The van der Waals surface area contributed by atoms with Gasteiger partial charge < -0.3 is 9.52 Å². The van der Waals surface area contributed by atoms with E-state index in [4.69, 9.17) is 4.42 Å². The summed E-state index contributed by atoms with van der Waals surface area (Å²) in [5.74, 6) is -0.118. The number of phenolic OH excluding ortho intramolecular Hbond substituents is 1. The quantitative estimate of drug-likeness (QED) is 0.158. The first-order chi connectivity index (χ1) is 18.9. The highest BCUT2D eigenvalue weighted by Gasteiger charge is 2.24. The Morgan fingerprint density at radius 3 is 2.17 bits per heavy atom. The number of rotatable bonds is 8. The minimum absolute atomic E-state index is 0.0451. The lowest BCUT2D eigenvalue weighted by Gasteiger charge is -2.10. The summed E-state index contributed by atoms with van der Waals surface area (Å²) in [4.78, 5) is 17.0. The molecule has 0 amide bonds. The number of thiazole rings is 1. The number of benzene rings is 3. The number of ketones is 1. The predicted molar refractivity (Wildman–Crippen MR) is 158 cm³/mol. The lowest BCUT2D eigenvalue weighted by atomic mass is 10.0. The number of aryl methyl sites for hydroxylation is 1. The van der Waals surface area contributed by atoms with E-state index in [0.29, 0.717) is 20.1 Å². The first-order valence-electron chi connectivity index (χ1n) is 11.2. The second-order valence-electron chi connectivity index (χ2n) is 8.38. The predicted octanol–water partition coefficient (Wildman–Crippen LogP) is 6.26. The highest BCUT2D eigenvalue weighted by atomic mass is 79.9. The normalized spacial score (nSPS) is 12.0. The van der Waals surface area contributed by atoms with E-state index in [1.165, 1.54) is 60.8 Å². The van der Waals surface area contributed by atoms with Crippen LogP contribution in [0.1, 0.15) is 21.7 Å². The number of hydrogen-bond donors (Lipinski definition) is 3. The Morgan fingerprint density at radius 1 is 0.925 bits per heavy atom. The third-order valence-electron chi connectivity index (χ3n) is 5.72. The molecule has 0 atom stereocenters. The van der Waals surface area contributed by atoms with Crippen LogP contribution in [0.2, 0.25) is 0 Å². The van der Waals surface area contributed by atoms with E-state index in [1.807, 2.05) is 0 Å². The molecule has 0 aliphatic rings. The number of fused-ring (bicyclic) bond motifs is 1. The van der Waals surface area contributed by atoms with Crippen molar-refractivity contribution < 1.29 is 31.2 Å². The fourth-order valence-corrected chi connectivity index (χ4v) is 7.90. The molecule has 0 saturated heterocycles. The van der Waals surface area contributed by atoms with Crippen molar-refractivity contribution >= 4 is 90.8 Å². The number of carbonyl (C=O) groups excluding carboxylic acids is 1. The summed E-state index contributed by atoms with van der Waals surface area (Å²) in [6.07, 6.45) is 1.47. The number of halogens is 2. The molecule has 40 heavy (non-hydrogen) atoms. The number of aromatic nitrogens is 1. The molecule has 15 heteroatoms. The number of carbonyl (C=O) groups is 1. The monoisotopic (exact) mass is 725 g/mol. The van der Waals surface area contributed by atoms with Crippen LogP contribution in [0.3, 0.4) is 0 Å². The van der Waals surface area contributed by atoms with E-state index >= 15 is 0 Å². The Labute approximate surface area is 249 Å². The van der Waals surface area contributed by atoms with Gasteiger partial charge in [0.05, 0.1) is 24.3 Å². The number of hydrogen-bond acceptors (Lipinski definition) is 9. The molecule has 0 aliphatic heterocycles. The molecule has 0 fully saturated rings. The third kappa shape index (κ3) is 5.51. The van der Waals surface area contributed by atoms with E-state index in [9.17, 15) is 26.7 Å². The van der Waals surface area contributed by atoms with Crippen molar-refractivity contribution in [1.29, 1.82) is 0 Å². The summed E-state index contributed by atoms with van der Waals surface area (Å²) < 4.78 is 62.4. The van der Waals surface area contributed by atoms with Gasteiger partial charge in [0.2, 0.25) is 0 Å². The fraction of sp³-hybridized carbons (Fsp3) is 0.0400. The maximum Gasteiger partial charge on any atom is 0.263 e. The standard InChI is InChI=1S/C25H17Br2N3O7S3/c1-13-22(23(31)14-10-19(26)24(32)20(27)11-14)18-7-6-17(12-21(18)37-13)40(35,36)29-15-2-4-16(5-3-15)39(33,34)30-25-28-8-9-38-25/h2-12,29,32H,1H3,(H,28,30). The van der Waals surface area contributed by atoms with Crippen LogP contribution >= 0.6 is 43.2 Å². The number of sulfonamides is 2. The van der Waals surface area contributed by atoms with Crippen LogP contribution in [0.5, 0.6) is 5.75 Å². The molecule has 0 unspecified atom stereocenters. The van der Waals surface area contributed by atoms with Gasteiger partial charge in [-0.1, -0.05) is 0 Å². The number of nitrogens with zero attached hydrogens (tertiary/aromatic N) is 1. The van der Waals surface area contributed by atoms with Gasteiger partial charge in [0.25, 0.3) is 20.0 Å². The van der Waals surface area contributed by atoms with Crippen LogP contribution in [-0.2, 0) is 20.0 Å². The van der Waals surface area contributed by atoms with Gasteiger partial charge in [-0.15, -0.1) is 11.3 Å². The Kier molecular flexibility index (Phi) is 7.52. The number of aromatic hydroxyl groups is 1. The topological polar surface area (TPSA) is 156 Å². The summed E-state index contributed by atoms with van der Waals surface area (Å²) in [6, 6.07) is 12.3. The summed E-state index contributed by atoms with van der Waals surface area (Å²) in [5, 5.41) is 12.2. The van der Waals surface area contributed by atoms with Gasteiger partial charge in [0.15, 0.2) is 10.9 Å². The molecule has 0 saturated carbocycles. The van der Waals surface area contributed by atoms with Crippen molar-refractivity contribution in [2.45, 2.75) is 16.7 Å². The zero-order valence-electron chi connectivity index (χ0n) is 20.2. The molecule has 3 N–H and O–H groups in total. The van der Waals surface area contributed by atoms with Crippen molar-refractivity contribution in [1.82, 2.24) is 4.98 Å². The molecule has 0 bridgehead atoms. The number of phenols is 1. The van der Waals surface area contributed by atoms with Crippen LogP contribution in [0, 0.1) is 6.92 Å². The first kappa shape index (κ1) is 28.3. The molecule has 206 valence electrons. The largest absolute Gasteiger partial charge is 0.506 e. The molecule has 0 radical (unpaired) electrons. The van der Waals surface area contributed by atoms with Gasteiger partial charge >= 0.3 is 0 Å². The first-order valence-corrected chi connectivity index (χ1v) is 16.6. The fourth-order valence-electron chi connectivity index (χ4n) is 3.85. The summed E-state index contributed by atoms with van der Waals surface area (Å²) >= 11 is 7.56. The Hall–Kier alpha value is -3.24. The van der Waals surface area contributed by atoms with E-state index in [-0.39, 0.29) is 48.9 Å². The average molecular weight is 727 g/mol. The van der Waals surface area contributed by atoms with Crippen molar-refractivity contribution in [3.63, 3.8) is 0 Å². The van der Waals surface area contributed by atoms with E-state index in [1.54, 1.807) is 12.3 Å². The van der Waals surface area contributed by atoms with Crippen molar-refractivity contribution in [3.8, 4) is 5.75 Å². The molecule has 0 spiro atoms. The summed E-state index contributed by atoms with van der Waals surface area (Å²) in [6.45, 7) is 1.60. The highest BCUT2D eigenvalue weighted by Crippen LogP contribution is 2.36. The molecule has 5 rings (SSSR count). The van der Waals surface area contributed by atoms with E-state index in [0.717, 1.165) is 11.3 Å². The smallest absolute Gasteiger partial charge is 0.263 e. The number of nitrogens with one attached hydrogen (secondary N) is 2. The molecule has 5 aromatic rings. The average Bonchev–Trinajstić information content (AvgIpc) is 3.52. The van der Waals surface area contributed by atoms with Gasteiger partial charge in [0, 0.05) is 34.3 Å². The van der Waals surface area contributed by atoms with Crippen LogP contribution < -0.4 is 9.44 Å². The lowest BCUT2D eigenvalue weighted by molar-refractivity contribution is 0.103. The molecule has 2 heterocycles. The molecular weight excluding hydrogens is 710 g/mol. The molecule has 0 aliphatic carbocycles. The molecule has 3 aromatic carbocycles. The maximum atomic E-state index is 13.3. The van der Waals surface area contributed by atoms with Gasteiger partial charge in [-0.05, 0) is 87.3 Å². The molecular formula is C25H17Br2N3O7S3. The molecule has 2 aromatic heterocycles. The lowest BCUT2D eigenvalue weighted by Crippen LogP contribution is -2.14. The second-order valence-corrected chi connectivity index (χ2v) is 14.3. The zero-order valence-corrected chi connectivity index (χ0v) is 25.8. The van der Waals surface area contributed by atoms with E-state index in [2.05, 4.69) is 46.3 Å². The van der Waals surface area contributed by atoms with Crippen LogP contribution in [0.25, 0.3) is 11.0 Å². The van der Waals surface area contributed by atoms with Gasteiger partial charge in [0.1, 0.15) is 17.1 Å². The van der Waals surface area contributed by atoms with Gasteiger partial charge in [-0.2, -0.15) is 0 Å². The SMILES string of the molecule is Cc1oc2cc(S(=O)(=O)Nc3ccc(S(=O)(=O)Nc4nccs4)cc3)ccc2c1C(=O)c1cc(Br)c(O)c(Br)c1. The maximum absolute atomic E-state index is 13.3. The third-order valence-corrected chi connectivity index (χ3v) is 10.5.